The number of aliphatic hydroxyl groups is 1. The Morgan fingerprint density at radius 1 is 1.40 bits per heavy atom. The largest absolute Gasteiger partial charge is 0.396 e. The predicted octanol–water partition coefficient (Wildman–Crippen LogP) is 0.806. The number of rotatable bonds is 5. The van der Waals surface area contributed by atoms with E-state index >= 15 is 0 Å². The van der Waals surface area contributed by atoms with Gasteiger partial charge in [-0.2, -0.15) is 0 Å². The van der Waals surface area contributed by atoms with Gasteiger partial charge in [0.2, 0.25) is 0 Å². The topological polar surface area (TPSA) is 49.6 Å². The molecule has 0 aliphatic rings. The van der Waals surface area contributed by atoms with Crippen LogP contribution in [-0.2, 0) is 6.54 Å². The molecule has 0 aliphatic carbocycles. The van der Waals surface area contributed by atoms with Gasteiger partial charge in [-0.25, -0.2) is 4.98 Å². The van der Waals surface area contributed by atoms with Crippen LogP contribution in [-0.4, -0.2) is 27.6 Å². The van der Waals surface area contributed by atoms with E-state index in [2.05, 4.69) is 20.8 Å². The fourth-order valence-electron chi connectivity index (χ4n) is 1.57. The molecule has 2 aromatic rings. The van der Waals surface area contributed by atoms with E-state index in [9.17, 15) is 0 Å². The van der Waals surface area contributed by atoms with Crippen molar-refractivity contribution in [3.63, 3.8) is 0 Å². The maximum absolute atomic E-state index is 8.65. The van der Waals surface area contributed by atoms with Gasteiger partial charge in [-0.05, 0) is 25.1 Å². The quantitative estimate of drug-likeness (QED) is 0.710. The van der Waals surface area contributed by atoms with Crippen molar-refractivity contribution >= 4 is 5.65 Å². The number of aromatic nitrogens is 2. The first-order valence-corrected chi connectivity index (χ1v) is 5.14. The van der Waals surface area contributed by atoms with Crippen molar-refractivity contribution < 1.29 is 5.11 Å². The number of nitrogens with zero attached hydrogens (tertiary/aromatic N) is 2. The SMILES string of the molecule is OCCCNCc1cccc2nccn12. The maximum Gasteiger partial charge on any atom is 0.136 e. The van der Waals surface area contributed by atoms with E-state index in [-0.39, 0.29) is 6.61 Å². The van der Waals surface area contributed by atoms with Crippen LogP contribution in [0, 0.1) is 0 Å². The highest BCUT2D eigenvalue weighted by Gasteiger charge is 1.98. The lowest BCUT2D eigenvalue weighted by Crippen LogP contribution is -2.17. The molecule has 4 nitrogen and oxygen atoms in total. The summed E-state index contributed by atoms with van der Waals surface area (Å²) in [6.45, 7) is 1.87. The molecule has 80 valence electrons. The average molecular weight is 205 g/mol. The van der Waals surface area contributed by atoms with Crippen LogP contribution in [0.5, 0.6) is 0 Å². The number of fused-ring (bicyclic) bond motifs is 1. The normalized spacial score (nSPS) is 11.0. The molecule has 0 saturated carbocycles. The van der Waals surface area contributed by atoms with Gasteiger partial charge in [-0.3, -0.25) is 0 Å². The van der Waals surface area contributed by atoms with Crippen molar-refractivity contribution in [1.82, 2.24) is 14.7 Å². The maximum atomic E-state index is 8.65. The minimum Gasteiger partial charge on any atom is -0.396 e. The molecule has 0 aromatic carbocycles. The lowest BCUT2D eigenvalue weighted by atomic mass is 10.3. The van der Waals surface area contributed by atoms with Crippen LogP contribution in [0.25, 0.3) is 5.65 Å². The molecule has 0 radical (unpaired) electrons. The summed E-state index contributed by atoms with van der Waals surface area (Å²) in [7, 11) is 0. The summed E-state index contributed by atoms with van der Waals surface area (Å²) in [6, 6.07) is 6.06. The Morgan fingerprint density at radius 3 is 3.20 bits per heavy atom. The van der Waals surface area contributed by atoms with E-state index in [0.29, 0.717) is 0 Å². The monoisotopic (exact) mass is 205 g/mol. The summed E-state index contributed by atoms with van der Waals surface area (Å²) >= 11 is 0. The molecule has 0 bridgehead atoms. The Kier molecular flexibility index (Phi) is 3.32. The number of hydrogen-bond acceptors (Lipinski definition) is 3. The zero-order valence-corrected chi connectivity index (χ0v) is 8.56. The van der Waals surface area contributed by atoms with Crippen LogP contribution >= 0.6 is 0 Å². The fraction of sp³-hybridized carbons (Fsp3) is 0.364. The van der Waals surface area contributed by atoms with Gasteiger partial charge in [-0.15, -0.1) is 0 Å². The van der Waals surface area contributed by atoms with Crippen molar-refractivity contribution in [2.24, 2.45) is 0 Å². The zero-order chi connectivity index (χ0) is 10.5. The van der Waals surface area contributed by atoms with Crippen LogP contribution in [0.3, 0.4) is 0 Å². The second-order valence-electron chi connectivity index (χ2n) is 3.43. The third-order valence-corrected chi connectivity index (χ3v) is 2.33. The molecule has 0 spiro atoms. The summed E-state index contributed by atoms with van der Waals surface area (Å²) in [4.78, 5) is 4.22. The highest BCUT2D eigenvalue weighted by Crippen LogP contribution is 2.05. The van der Waals surface area contributed by atoms with Crippen LogP contribution in [0.2, 0.25) is 0 Å². The second-order valence-corrected chi connectivity index (χ2v) is 3.43. The van der Waals surface area contributed by atoms with Crippen molar-refractivity contribution in [2.75, 3.05) is 13.2 Å². The van der Waals surface area contributed by atoms with Gasteiger partial charge in [0.15, 0.2) is 0 Å². The minimum absolute atomic E-state index is 0.238. The predicted molar refractivity (Wildman–Crippen MR) is 58.6 cm³/mol. The van der Waals surface area contributed by atoms with Gasteiger partial charge >= 0.3 is 0 Å². The van der Waals surface area contributed by atoms with Gasteiger partial charge in [-0.1, -0.05) is 6.07 Å². The van der Waals surface area contributed by atoms with Crippen molar-refractivity contribution in [2.45, 2.75) is 13.0 Å². The van der Waals surface area contributed by atoms with Crippen LogP contribution in [0.15, 0.2) is 30.6 Å². The van der Waals surface area contributed by atoms with E-state index in [4.69, 9.17) is 5.11 Å². The van der Waals surface area contributed by atoms with Gasteiger partial charge < -0.3 is 14.8 Å². The average Bonchev–Trinajstić information content (AvgIpc) is 2.73. The Hall–Kier alpha value is -1.39. The molecular formula is C11H15N3O. The molecule has 0 saturated heterocycles. The molecular weight excluding hydrogens is 190 g/mol. The molecule has 15 heavy (non-hydrogen) atoms. The highest BCUT2D eigenvalue weighted by molar-refractivity contribution is 5.39. The van der Waals surface area contributed by atoms with E-state index in [1.807, 2.05) is 18.3 Å². The van der Waals surface area contributed by atoms with Crippen molar-refractivity contribution in [3.05, 3.63) is 36.3 Å². The molecule has 0 unspecified atom stereocenters. The number of nitrogens with one attached hydrogen (secondary N) is 1. The Morgan fingerprint density at radius 2 is 2.33 bits per heavy atom. The van der Waals surface area contributed by atoms with Crippen molar-refractivity contribution in [1.29, 1.82) is 0 Å². The van der Waals surface area contributed by atoms with Crippen LogP contribution in [0.4, 0.5) is 0 Å². The summed E-state index contributed by atoms with van der Waals surface area (Å²) < 4.78 is 2.06. The second kappa shape index (κ2) is 4.91. The molecule has 0 amide bonds. The number of pyridine rings is 1. The molecule has 0 fully saturated rings. The third kappa shape index (κ3) is 2.34. The number of imidazole rings is 1. The highest BCUT2D eigenvalue weighted by atomic mass is 16.3. The molecule has 2 aromatic heterocycles. The first-order chi connectivity index (χ1) is 7.42. The first-order valence-electron chi connectivity index (χ1n) is 5.14. The van der Waals surface area contributed by atoms with Crippen LogP contribution < -0.4 is 5.32 Å². The van der Waals surface area contributed by atoms with E-state index in [1.165, 1.54) is 5.69 Å². The first kappa shape index (κ1) is 10.1. The van der Waals surface area contributed by atoms with Gasteiger partial charge in [0.1, 0.15) is 5.65 Å². The molecule has 2 N–H and O–H groups in total. The summed E-state index contributed by atoms with van der Waals surface area (Å²) in [5.74, 6) is 0. The van der Waals surface area contributed by atoms with E-state index in [1.54, 1.807) is 6.20 Å². The summed E-state index contributed by atoms with van der Waals surface area (Å²) in [5, 5.41) is 11.9. The van der Waals surface area contributed by atoms with Gasteiger partial charge in [0, 0.05) is 31.2 Å². The number of hydrogen-bond donors (Lipinski definition) is 2. The molecule has 0 atom stereocenters. The van der Waals surface area contributed by atoms with Gasteiger partial charge in [0.05, 0.1) is 0 Å². The minimum atomic E-state index is 0.238. The van der Waals surface area contributed by atoms with E-state index in [0.717, 1.165) is 25.2 Å². The number of aliphatic hydroxyl groups excluding tert-OH is 1. The summed E-state index contributed by atoms with van der Waals surface area (Å²) in [5.41, 5.74) is 2.15. The standard InChI is InChI=1S/C11H15N3O/c15-8-2-5-12-9-10-3-1-4-11-13-6-7-14(10)11/h1,3-4,6-7,12,15H,2,5,8-9H2. The molecule has 2 heterocycles. The third-order valence-electron chi connectivity index (χ3n) is 2.33. The fourth-order valence-corrected chi connectivity index (χ4v) is 1.57. The Labute approximate surface area is 88.6 Å². The smallest absolute Gasteiger partial charge is 0.136 e. The van der Waals surface area contributed by atoms with Crippen molar-refractivity contribution in [3.8, 4) is 0 Å². The van der Waals surface area contributed by atoms with Crippen LogP contribution in [0.1, 0.15) is 12.1 Å². The molecule has 4 heteroatoms. The lowest BCUT2D eigenvalue weighted by molar-refractivity contribution is 0.286. The zero-order valence-electron chi connectivity index (χ0n) is 8.56. The van der Waals surface area contributed by atoms with E-state index < -0.39 is 0 Å². The Balaban J connectivity index is 2.04. The molecule has 0 aliphatic heterocycles. The Bertz CT molecular complexity index is 424. The van der Waals surface area contributed by atoms with Gasteiger partial charge in [0.25, 0.3) is 0 Å². The molecule has 2 rings (SSSR count). The summed E-state index contributed by atoms with van der Waals surface area (Å²) in [6.07, 6.45) is 4.55. The lowest BCUT2D eigenvalue weighted by Gasteiger charge is -2.06.